The van der Waals surface area contributed by atoms with Crippen LogP contribution in [0.15, 0.2) is 0 Å². The largest absolute Gasteiger partial charge is 0.393 e. The first-order valence-corrected chi connectivity index (χ1v) is 6.94. The van der Waals surface area contributed by atoms with Crippen LogP contribution in [0.4, 0.5) is 0 Å². The van der Waals surface area contributed by atoms with Gasteiger partial charge in [0.2, 0.25) is 0 Å². The maximum absolute atomic E-state index is 9.38. The van der Waals surface area contributed by atoms with Gasteiger partial charge in [0.25, 0.3) is 10.1 Å². The van der Waals surface area contributed by atoms with Gasteiger partial charge < -0.3 is 10.0 Å². The highest BCUT2D eigenvalue weighted by Gasteiger charge is 2.37. The molecule has 2 fully saturated rings. The van der Waals surface area contributed by atoms with Gasteiger partial charge in [-0.2, -0.15) is 8.42 Å². The SMILES string of the molecule is CN1C2CCC1CC(O)C2.CS(=O)(=O)O. The molecule has 2 saturated heterocycles. The molecule has 90 valence electrons. The average Bonchev–Trinajstić information content (AvgIpc) is 2.32. The summed E-state index contributed by atoms with van der Waals surface area (Å²) >= 11 is 0. The van der Waals surface area contributed by atoms with Crippen molar-refractivity contribution in [3.05, 3.63) is 0 Å². The number of rotatable bonds is 0. The van der Waals surface area contributed by atoms with Crippen LogP contribution in [-0.2, 0) is 10.1 Å². The van der Waals surface area contributed by atoms with Gasteiger partial charge in [0.05, 0.1) is 12.4 Å². The van der Waals surface area contributed by atoms with Gasteiger partial charge in [0.1, 0.15) is 0 Å². The van der Waals surface area contributed by atoms with Crippen molar-refractivity contribution >= 4 is 10.1 Å². The number of aliphatic hydroxyl groups is 1. The maximum atomic E-state index is 9.38. The van der Waals surface area contributed by atoms with E-state index in [2.05, 4.69) is 11.9 Å². The normalized spacial score (nSPS) is 35.9. The van der Waals surface area contributed by atoms with Crippen molar-refractivity contribution in [3.63, 3.8) is 0 Å². The first-order chi connectivity index (χ1) is 6.77. The fraction of sp³-hybridized carbons (Fsp3) is 1.00. The first-order valence-electron chi connectivity index (χ1n) is 5.10. The van der Waals surface area contributed by atoms with Crippen LogP contribution in [0.25, 0.3) is 0 Å². The van der Waals surface area contributed by atoms with E-state index >= 15 is 0 Å². The fourth-order valence-corrected chi connectivity index (χ4v) is 2.38. The summed E-state index contributed by atoms with van der Waals surface area (Å²) in [5.74, 6) is 0. The Labute approximate surface area is 90.8 Å². The highest BCUT2D eigenvalue weighted by molar-refractivity contribution is 7.85. The summed E-state index contributed by atoms with van der Waals surface area (Å²) in [5, 5.41) is 9.38. The molecule has 0 aromatic rings. The number of hydrogen-bond acceptors (Lipinski definition) is 4. The molecular formula is C9H19NO4S. The van der Waals surface area contributed by atoms with E-state index in [1.165, 1.54) is 12.8 Å². The zero-order valence-electron chi connectivity index (χ0n) is 9.13. The quantitative estimate of drug-likeness (QED) is 0.585. The third-order valence-electron chi connectivity index (χ3n) is 3.07. The summed E-state index contributed by atoms with van der Waals surface area (Å²) in [4.78, 5) is 2.44. The van der Waals surface area contributed by atoms with Gasteiger partial charge in [-0.25, -0.2) is 0 Å². The summed E-state index contributed by atoms with van der Waals surface area (Å²) in [5.41, 5.74) is 0. The second-order valence-corrected chi connectivity index (χ2v) is 5.87. The number of fused-ring (bicyclic) bond motifs is 2. The summed E-state index contributed by atoms with van der Waals surface area (Å²) in [6, 6.07) is 1.38. The van der Waals surface area contributed by atoms with Crippen LogP contribution in [-0.4, -0.2) is 54.5 Å². The Morgan fingerprint density at radius 1 is 1.20 bits per heavy atom. The molecule has 0 radical (unpaired) electrons. The number of nitrogens with zero attached hydrogens (tertiary/aromatic N) is 1. The molecule has 0 aromatic carbocycles. The molecule has 0 saturated carbocycles. The van der Waals surface area contributed by atoms with Gasteiger partial charge >= 0.3 is 0 Å². The van der Waals surface area contributed by atoms with Crippen LogP contribution in [0.3, 0.4) is 0 Å². The lowest BCUT2D eigenvalue weighted by atomic mass is 10.0. The standard InChI is InChI=1S/C8H15NO.CH4O3S/c1-9-6-2-3-7(9)5-8(10)4-6;1-5(2,3)4/h6-8,10H,2-5H2,1H3;1H3,(H,2,3,4). The van der Waals surface area contributed by atoms with E-state index in [9.17, 15) is 13.5 Å². The van der Waals surface area contributed by atoms with E-state index in [0.29, 0.717) is 18.3 Å². The molecule has 2 unspecified atom stereocenters. The lowest BCUT2D eigenvalue weighted by molar-refractivity contribution is 0.0503. The fourth-order valence-electron chi connectivity index (χ4n) is 2.38. The Kier molecular flexibility index (Phi) is 4.11. The number of piperidine rings is 1. The molecule has 2 aliphatic rings. The smallest absolute Gasteiger partial charge is 0.261 e. The van der Waals surface area contributed by atoms with Gasteiger partial charge in [-0.15, -0.1) is 0 Å². The minimum Gasteiger partial charge on any atom is -0.393 e. The monoisotopic (exact) mass is 237 g/mol. The van der Waals surface area contributed by atoms with Gasteiger partial charge in [0.15, 0.2) is 0 Å². The summed E-state index contributed by atoms with van der Waals surface area (Å²) < 4.78 is 25.9. The minimum absolute atomic E-state index is 0.00583. The third kappa shape index (κ3) is 4.46. The lowest BCUT2D eigenvalue weighted by Gasteiger charge is -2.33. The molecule has 2 atom stereocenters. The van der Waals surface area contributed by atoms with Crippen molar-refractivity contribution in [2.24, 2.45) is 0 Å². The first kappa shape index (κ1) is 12.9. The van der Waals surface area contributed by atoms with E-state index in [1.54, 1.807) is 0 Å². The number of hydrogen-bond donors (Lipinski definition) is 2. The Bertz CT molecular complexity index is 281. The van der Waals surface area contributed by atoms with Crippen molar-refractivity contribution < 1.29 is 18.1 Å². The maximum Gasteiger partial charge on any atom is 0.261 e. The van der Waals surface area contributed by atoms with Crippen LogP contribution in [0.1, 0.15) is 25.7 Å². The molecule has 0 aromatic heterocycles. The Morgan fingerprint density at radius 2 is 1.53 bits per heavy atom. The van der Waals surface area contributed by atoms with E-state index < -0.39 is 10.1 Å². The zero-order chi connectivity index (χ0) is 11.6. The average molecular weight is 237 g/mol. The number of aliphatic hydroxyl groups excluding tert-OH is 1. The van der Waals surface area contributed by atoms with Crippen molar-refractivity contribution in [3.8, 4) is 0 Å². The van der Waals surface area contributed by atoms with Crippen LogP contribution in [0.5, 0.6) is 0 Å². The summed E-state index contributed by atoms with van der Waals surface area (Å²) in [7, 11) is -1.48. The van der Waals surface area contributed by atoms with Gasteiger partial charge in [-0.1, -0.05) is 0 Å². The Hall–Kier alpha value is -0.170. The van der Waals surface area contributed by atoms with Gasteiger partial charge in [-0.3, -0.25) is 4.55 Å². The summed E-state index contributed by atoms with van der Waals surface area (Å²) in [6.07, 6.45) is 5.33. The molecule has 2 heterocycles. The molecule has 6 heteroatoms. The molecule has 0 amide bonds. The molecule has 2 rings (SSSR count). The van der Waals surface area contributed by atoms with E-state index in [1.807, 2.05) is 0 Å². The van der Waals surface area contributed by atoms with Crippen molar-refractivity contribution in [1.82, 2.24) is 4.90 Å². The molecule has 0 aliphatic carbocycles. The van der Waals surface area contributed by atoms with E-state index in [-0.39, 0.29) is 6.10 Å². The second-order valence-electron chi connectivity index (χ2n) is 4.41. The summed E-state index contributed by atoms with van der Waals surface area (Å²) in [6.45, 7) is 0. The van der Waals surface area contributed by atoms with Crippen LogP contribution >= 0.6 is 0 Å². The zero-order valence-corrected chi connectivity index (χ0v) is 9.94. The van der Waals surface area contributed by atoms with Crippen LogP contribution in [0.2, 0.25) is 0 Å². The van der Waals surface area contributed by atoms with Crippen LogP contribution in [0, 0.1) is 0 Å². The third-order valence-corrected chi connectivity index (χ3v) is 3.07. The Balaban J connectivity index is 0.000000195. The molecule has 2 bridgehead atoms. The van der Waals surface area contributed by atoms with Crippen molar-refractivity contribution in [2.75, 3.05) is 13.3 Å². The lowest BCUT2D eigenvalue weighted by Crippen LogP contribution is -2.41. The molecular weight excluding hydrogens is 218 g/mol. The molecule has 2 aliphatic heterocycles. The molecule has 5 nitrogen and oxygen atoms in total. The van der Waals surface area contributed by atoms with Crippen molar-refractivity contribution in [2.45, 2.75) is 43.9 Å². The predicted molar refractivity (Wildman–Crippen MR) is 57.3 cm³/mol. The van der Waals surface area contributed by atoms with Gasteiger partial charge in [0, 0.05) is 12.1 Å². The minimum atomic E-state index is -3.67. The second kappa shape index (κ2) is 4.78. The predicted octanol–water partition coefficient (Wildman–Crippen LogP) is 0.108. The highest BCUT2D eigenvalue weighted by Crippen LogP contribution is 2.33. The van der Waals surface area contributed by atoms with E-state index in [4.69, 9.17) is 4.55 Å². The van der Waals surface area contributed by atoms with E-state index in [0.717, 1.165) is 12.8 Å². The Morgan fingerprint density at radius 3 is 1.87 bits per heavy atom. The molecule has 0 spiro atoms. The van der Waals surface area contributed by atoms with Crippen molar-refractivity contribution in [1.29, 1.82) is 0 Å². The topological polar surface area (TPSA) is 77.8 Å². The molecule has 2 N–H and O–H groups in total. The van der Waals surface area contributed by atoms with Gasteiger partial charge in [-0.05, 0) is 32.7 Å². The highest BCUT2D eigenvalue weighted by atomic mass is 32.2. The van der Waals surface area contributed by atoms with Crippen LogP contribution < -0.4 is 0 Å². The molecule has 15 heavy (non-hydrogen) atoms.